The van der Waals surface area contributed by atoms with Gasteiger partial charge in [0.1, 0.15) is 0 Å². The Bertz CT molecular complexity index is 464. The number of hydrogen-bond acceptors (Lipinski definition) is 2. The van der Waals surface area contributed by atoms with E-state index in [4.69, 9.17) is 13.0 Å². The van der Waals surface area contributed by atoms with E-state index in [1.165, 1.54) is 5.56 Å². The maximum atomic E-state index is 10.7. The third-order valence-corrected chi connectivity index (χ3v) is 2.46. The Morgan fingerprint density at radius 1 is 1.11 bits per heavy atom. The molecule has 0 radical (unpaired) electrons. The zero-order valence-corrected chi connectivity index (χ0v) is 13.9. The molecule has 3 nitrogen and oxygen atoms in total. The molecule has 0 aliphatic carbocycles. The minimum atomic E-state index is -5.84. The van der Waals surface area contributed by atoms with Crippen molar-refractivity contribution in [1.82, 2.24) is 0 Å². The molecule has 0 saturated heterocycles. The van der Waals surface area contributed by atoms with Crippen LogP contribution in [-0.4, -0.2) is 18.5 Å². The Hall–Kier alpha value is -0.0800. The van der Waals surface area contributed by atoms with Crippen molar-refractivity contribution in [2.24, 2.45) is 0 Å². The van der Waals surface area contributed by atoms with Crippen molar-refractivity contribution >= 4 is 10.1 Å². The van der Waals surface area contributed by atoms with Gasteiger partial charge in [-0.15, -0.1) is 0 Å². The molecule has 0 amide bonds. The van der Waals surface area contributed by atoms with Crippen molar-refractivity contribution in [2.75, 3.05) is 0 Å². The molecule has 1 rings (SSSR count). The number of halogens is 3. The topological polar surface area (TPSA) is 54.4 Å². The van der Waals surface area contributed by atoms with Gasteiger partial charge in [-0.2, -0.15) is 57.5 Å². The average Bonchev–Trinajstić information content (AvgIpc) is 2.15. The van der Waals surface area contributed by atoms with Gasteiger partial charge in [0, 0.05) is 0 Å². The molecule has 1 aromatic rings. The molecule has 104 valence electrons. The van der Waals surface area contributed by atoms with Gasteiger partial charge in [0.05, 0.1) is 0 Å². The molecule has 0 aliphatic heterocycles. The van der Waals surface area contributed by atoms with Crippen molar-refractivity contribution in [3.05, 3.63) is 35.9 Å². The molecular formula is C11H14F3NaO3S. The Kier molecular flexibility index (Phi) is 8.53. The Morgan fingerprint density at radius 3 is 1.58 bits per heavy atom. The van der Waals surface area contributed by atoms with Crippen LogP contribution in [0.25, 0.3) is 0 Å². The maximum Gasteiger partial charge on any atom is 1.00 e. The summed E-state index contributed by atoms with van der Waals surface area (Å²) in [5.41, 5.74) is -3.89. The first-order chi connectivity index (χ1) is 7.86. The van der Waals surface area contributed by atoms with E-state index in [-0.39, 0.29) is 35.0 Å². The largest absolute Gasteiger partial charge is 1.00 e. The van der Waals surface area contributed by atoms with Crippen LogP contribution in [-0.2, 0) is 15.5 Å². The predicted octanol–water partition coefficient (Wildman–Crippen LogP) is 0.182. The van der Waals surface area contributed by atoms with Crippen LogP contribution in [0.15, 0.2) is 24.3 Å². The van der Waals surface area contributed by atoms with Crippen LogP contribution in [0.5, 0.6) is 0 Å². The third kappa shape index (κ3) is 8.65. The van der Waals surface area contributed by atoms with Crippen LogP contribution in [0.4, 0.5) is 13.2 Å². The first kappa shape index (κ1) is 21.2. The average molecular weight is 306 g/mol. The van der Waals surface area contributed by atoms with Gasteiger partial charge in [0.15, 0.2) is 0 Å². The van der Waals surface area contributed by atoms with E-state index in [2.05, 4.69) is 39.0 Å². The molecule has 1 aromatic carbocycles. The van der Waals surface area contributed by atoms with Gasteiger partial charge in [-0.05, 0) is 5.41 Å². The quantitative estimate of drug-likeness (QED) is 0.322. The molecule has 0 fully saturated rings. The molecule has 19 heavy (non-hydrogen) atoms. The zero-order chi connectivity index (χ0) is 14.6. The van der Waals surface area contributed by atoms with Crippen molar-refractivity contribution in [3.63, 3.8) is 0 Å². The van der Waals surface area contributed by atoms with E-state index in [1.807, 2.05) is 12.1 Å². The van der Waals surface area contributed by atoms with Crippen LogP contribution in [0.2, 0.25) is 0 Å². The number of rotatable bonds is 0. The second-order valence-electron chi connectivity index (χ2n) is 4.46. The number of alkyl halides is 3. The third-order valence-electron chi connectivity index (χ3n) is 1.88. The molecule has 0 aromatic heterocycles. The Morgan fingerprint density at radius 2 is 1.42 bits per heavy atom. The first-order valence-electron chi connectivity index (χ1n) is 4.86. The molecule has 0 atom stereocenters. The smallest absolute Gasteiger partial charge is 0.279 e. The summed E-state index contributed by atoms with van der Waals surface area (Å²) in [5.74, 6) is 0. The van der Waals surface area contributed by atoms with Crippen LogP contribution in [0, 0.1) is 6.07 Å². The molecule has 1 N–H and O–H groups in total. The fraction of sp³-hybridized carbons (Fsp3) is 0.455. The van der Waals surface area contributed by atoms with Gasteiger partial charge in [0.2, 0.25) is 0 Å². The van der Waals surface area contributed by atoms with Gasteiger partial charge in [-0.3, -0.25) is 4.55 Å². The summed E-state index contributed by atoms with van der Waals surface area (Å²) in [7, 11) is -5.84. The molecule has 0 unspecified atom stereocenters. The first-order valence-corrected chi connectivity index (χ1v) is 6.30. The van der Waals surface area contributed by atoms with E-state index >= 15 is 0 Å². The Balaban J connectivity index is 0. The van der Waals surface area contributed by atoms with Gasteiger partial charge < -0.3 is 0 Å². The summed E-state index contributed by atoms with van der Waals surface area (Å²) < 4.78 is 57.5. The molecular weight excluding hydrogens is 292 g/mol. The Labute approximate surface area is 133 Å². The molecule has 0 saturated carbocycles. The summed E-state index contributed by atoms with van der Waals surface area (Å²) in [4.78, 5) is 0. The van der Waals surface area contributed by atoms with Crippen molar-refractivity contribution in [1.29, 1.82) is 0 Å². The van der Waals surface area contributed by atoms with Crippen molar-refractivity contribution in [2.45, 2.75) is 31.7 Å². The maximum absolute atomic E-state index is 10.7. The van der Waals surface area contributed by atoms with E-state index in [9.17, 15) is 13.2 Å². The van der Waals surface area contributed by atoms with Gasteiger partial charge in [-0.1, -0.05) is 20.8 Å². The molecule has 0 spiro atoms. The van der Waals surface area contributed by atoms with E-state index in [0.717, 1.165) is 0 Å². The molecule has 0 aliphatic rings. The zero-order valence-electron chi connectivity index (χ0n) is 11.1. The van der Waals surface area contributed by atoms with Crippen molar-refractivity contribution in [3.8, 4) is 0 Å². The minimum absolute atomic E-state index is 0. The summed E-state index contributed by atoms with van der Waals surface area (Å²) in [6, 6.07) is 11.1. The molecule has 8 heteroatoms. The fourth-order valence-electron chi connectivity index (χ4n) is 0.887. The van der Waals surface area contributed by atoms with Crippen LogP contribution in [0.1, 0.15) is 26.3 Å². The summed E-state index contributed by atoms with van der Waals surface area (Å²) in [5, 5.41) is 0. The molecule has 0 heterocycles. The van der Waals surface area contributed by atoms with E-state index in [0.29, 0.717) is 0 Å². The van der Waals surface area contributed by atoms with Crippen LogP contribution < -0.4 is 29.6 Å². The monoisotopic (exact) mass is 306 g/mol. The summed E-state index contributed by atoms with van der Waals surface area (Å²) in [6.07, 6.45) is 0. The number of benzene rings is 1. The van der Waals surface area contributed by atoms with Crippen LogP contribution in [0.3, 0.4) is 0 Å². The second kappa shape index (κ2) is 7.64. The van der Waals surface area contributed by atoms with Crippen LogP contribution >= 0.6 is 0 Å². The molecule has 0 bridgehead atoms. The second-order valence-corrected chi connectivity index (χ2v) is 5.87. The normalized spacial score (nSPS) is 11.9. The predicted molar refractivity (Wildman–Crippen MR) is 61.6 cm³/mol. The van der Waals surface area contributed by atoms with E-state index in [1.54, 1.807) is 0 Å². The SMILES string of the molecule is CC(C)(C)c1cc[c-]cc1.O=S(=O)(O)C(F)(F)F.[Na+]. The van der Waals surface area contributed by atoms with Gasteiger partial charge in [0.25, 0.3) is 0 Å². The minimum Gasteiger partial charge on any atom is -0.279 e. The van der Waals surface area contributed by atoms with E-state index < -0.39 is 15.6 Å². The van der Waals surface area contributed by atoms with Crippen molar-refractivity contribution < 1.29 is 55.7 Å². The summed E-state index contributed by atoms with van der Waals surface area (Å²) >= 11 is 0. The van der Waals surface area contributed by atoms with Gasteiger partial charge in [-0.25, -0.2) is 0 Å². The number of hydrogen-bond donors (Lipinski definition) is 1. The standard InChI is InChI=1S/C10H13.CHF3O3S.Na/c1-10(2,3)9-7-5-4-6-8-9;2-1(3,4)8(5,6)7;/h5-8H,1-3H3;(H,5,6,7);/q-1;;+1. The fourth-order valence-corrected chi connectivity index (χ4v) is 0.887. The summed E-state index contributed by atoms with van der Waals surface area (Å²) in [6.45, 7) is 6.63. The van der Waals surface area contributed by atoms with Gasteiger partial charge >= 0.3 is 45.2 Å².